The Morgan fingerprint density at radius 1 is 1.11 bits per heavy atom. The molecule has 28 heavy (non-hydrogen) atoms. The third-order valence-corrected chi connectivity index (χ3v) is 5.48. The van der Waals surface area contributed by atoms with E-state index in [2.05, 4.69) is 22.5 Å². The number of nitrogens with zero attached hydrogens (tertiary/aromatic N) is 1. The summed E-state index contributed by atoms with van der Waals surface area (Å²) >= 11 is 0. The fraction of sp³-hybridized carbons (Fsp3) is 0.429. The van der Waals surface area contributed by atoms with Gasteiger partial charge in [-0.2, -0.15) is 0 Å². The van der Waals surface area contributed by atoms with Crippen molar-refractivity contribution in [2.45, 2.75) is 44.6 Å². The maximum absolute atomic E-state index is 13.0. The maximum Gasteiger partial charge on any atom is 0.264 e. The molecule has 2 atom stereocenters. The number of carbonyl (C=O) groups is 4. The second-order valence-corrected chi connectivity index (χ2v) is 7.37. The Morgan fingerprint density at radius 2 is 1.96 bits per heavy atom. The van der Waals surface area contributed by atoms with Crippen LogP contribution in [0.3, 0.4) is 0 Å². The van der Waals surface area contributed by atoms with Gasteiger partial charge < -0.3 is 5.32 Å². The van der Waals surface area contributed by atoms with E-state index in [1.165, 1.54) is 0 Å². The molecule has 0 saturated carbocycles. The van der Waals surface area contributed by atoms with E-state index < -0.39 is 23.8 Å². The van der Waals surface area contributed by atoms with Gasteiger partial charge in [0, 0.05) is 31.5 Å². The molecule has 0 spiro atoms. The number of amides is 4. The summed E-state index contributed by atoms with van der Waals surface area (Å²) in [5, 5.41) is 5.52. The quantitative estimate of drug-likeness (QED) is 0.613. The summed E-state index contributed by atoms with van der Waals surface area (Å²) < 4.78 is 0. The normalized spacial score (nSPS) is 24.2. The van der Waals surface area contributed by atoms with Gasteiger partial charge in [0.2, 0.25) is 11.8 Å². The molecule has 1 fully saturated rings. The monoisotopic (exact) mass is 379 g/mol. The van der Waals surface area contributed by atoms with E-state index in [0.29, 0.717) is 29.3 Å². The number of imide groups is 2. The molecule has 144 valence electrons. The summed E-state index contributed by atoms with van der Waals surface area (Å²) in [7, 11) is 0. The number of benzene rings is 1. The Kier molecular flexibility index (Phi) is 4.86. The van der Waals surface area contributed by atoms with Crippen LogP contribution in [0, 0.1) is 17.8 Å². The minimum atomic E-state index is -0.949. The van der Waals surface area contributed by atoms with Crippen LogP contribution in [-0.2, 0) is 9.59 Å². The van der Waals surface area contributed by atoms with Crippen molar-refractivity contribution in [2.75, 3.05) is 11.9 Å². The Hall–Kier alpha value is -3.14. The van der Waals surface area contributed by atoms with Crippen molar-refractivity contribution in [3.05, 3.63) is 29.3 Å². The zero-order chi connectivity index (χ0) is 19.7. The summed E-state index contributed by atoms with van der Waals surface area (Å²) in [6.07, 6.45) is 4.12. The number of rotatable bonds is 4. The van der Waals surface area contributed by atoms with Gasteiger partial charge >= 0.3 is 0 Å². The van der Waals surface area contributed by atoms with Gasteiger partial charge in [0.1, 0.15) is 6.04 Å². The Bertz CT molecular complexity index is 927. The summed E-state index contributed by atoms with van der Waals surface area (Å²) in [5.41, 5.74) is 1.19. The number of piperidine rings is 1. The molecule has 1 aliphatic carbocycles. The third kappa shape index (κ3) is 3.26. The van der Waals surface area contributed by atoms with Crippen LogP contribution in [0.15, 0.2) is 18.2 Å². The zero-order valence-electron chi connectivity index (χ0n) is 15.4. The molecule has 7 nitrogen and oxygen atoms in total. The second kappa shape index (κ2) is 7.47. The first-order chi connectivity index (χ1) is 13.6. The summed E-state index contributed by atoms with van der Waals surface area (Å²) in [6.45, 7) is 0.672. The molecule has 0 aromatic heterocycles. The van der Waals surface area contributed by atoms with Gasteiger partial charge in [0.25, 0.3) is 11.8 Å². The zero-order valence-corrected chi connectivity index (χ0v) is 15.4. The largest absolute Gasteiger partial charge is 0.384 e. The number of fused-ring (bicyclic) bond motifs is 1. The van der Waals surface area contributed by atoms with Crippen LogP contribution in [0.5, 0.6) is 0 Å². The SMILES string of the molecule is O=C1CCC(N2C(=O)c3cccc(NCC4CC#CCCC4)c3C2=O)C(=O)N1. The first-order valence-electron chi connectivity index (χ1n) is 9.60. The average Bonchev–Trinajstić information content (AvgIpc) is 2.85. The molecule has 1 aromatic rings. The van der Waals surface area contributed by atoms with Crippen molar-refractivity contribution in [1.29, 1.82) is 0 Å². The maximum atomic E-state index is 13.0. The minimum absolute atomic E-state index is 0.109. The van der Waals surface area contributed by atoms with Crippen molar-refractivity contribution in [3.8, 4) is 11.8 Å². The Labute approximate surface area is 162 Å². The molecule has 1 aromatic carbocycles. The van der Waals surface area contributed by atoms with Crippen molar-refractivity contribution >= 4 is 29.3 Å². The van der Waals surface area contributed by atoms with E-state index in [0.717, 1.165) is 30.6 Å². The Morgan fingerprint density at radius 3 is 2.79 bits per heavy atom. The van der Waals surface area contributed by atoms with Gasteiger partial charge in [-0.25, -0.2) is 0 Å². The molecule has 0 bridgehead atoms. The van der Waals surface area contributed by atoms with Crippen LogP contribution < -0.4 is 10.6 Å². The molecule has 2 heterocycles. The molecule has 3 aliphatic rings. The van der Waals surface area contributed by atoms with Gasteiger partial charge in [0.15, 0.2) is 0 Å². The standard InChI is InChI=1S/C21H21N3O4/c25-17-11-10-16(19(26)23-17)24-20(27)14-8-5-9-15(18(14)21(24)28)22-12-13-6-3-1-2-4-7-13/h5,8-9,13,16,22H,1,3,6-7,10-12H2,(H,23,25,26). The number of hydrogen-bond acceptors (Lipinski definition) is 5. The Balaban J connectivity index is 1.55. The van der Waals surface area contributed by atoms with Gasteiger partial charge in [-0.3, -0.25) is 29.4 Å². The van der Waals surface area contributed by atoms with E-state index in [-0.39, 0.29) is 18.7 Å². The number of carbonyl (C=O) groups excluding carboxylic acids is 4. The lowest BCUT2D eigenvalue weighted by Gasteiger charge is -2.27. The topological polar surface area (TPSA) is 95.6 Å². The lowest BCUT2D eigenvalue weighted by molar-refractivity contribution is -0.136. The second-order valence-electron chi connectivity index (χ2n) is 7.37. The van der Waals surface area contributed by atoms with Crippen molar-refractivity contribution in [1.82, 2.24) is 10.2 Å². The predicted octanol–water partition coefficient (Wildman–Crippen LogP) is 1.69. The first kappa shape index (κ1) is 18.2. The molecule has 1 saturated heterocycles. The average molecular weight is 379 g/mol. The molecule has 2 aliphatic heterocycles. The minimum Gasteiger partial charge on any atom is -0.384 e. The number of hydrogen-bond donors (Lipinski definition) is 2. The highest BCUT2D eigenvalue weighted by Crippen LogP contribution is 2.32. The van der Waals surface area contributed by atoms with E-state index in [9.17, 15) is 19.2 Å². The highest BCUT2D eigenvalue weighted by Gasteiger charge is 2.45. The van der Waals surface area contributed by atoms with E-state index in [4.69, 9.17) is 0 Å². The van der Waals surface area contributed by atoms with Crippen LogP contribution >= 0.6 is 0 Å². The molecule has 4 rings (SSSR count). The van der Waals surface area contributed by atoms with Gasteiger partial charge in [-0.15, -0.1) is 11.8 Å². The van der Waals surface area contributed by atoms with Crippen molar-refractivity contribution in [2.24, 2.45) is 5.92 Å². The molecular formula is C21H21N3O4. The third-order valence-electron chi connectivity index (χ3n) is 5.48. The van der Waals surface area contributed by atoms with Gasteiger partial charge in [-0.05, 0) is 37.3 Å². The van der Waals surface area contributed by atoms with Crippen molar-refractivity contribution < 1.29 is 19.2 Å². The lowest BCUT2D eigenvalue weighted by Crippen LogP contribution is -2.54. The first-order valence-corrected chi connectivity index (χ1v) is 9.60. The summed E-state index contributed by atoms with van der Waals surface area (Å²) in [4.78, 5) is 50.4. The molecular weight excluding hydrogens is 358 g/mol. The smallest absolute Gasteiger partial charge is 0.264 e. The van der Waals surface area contributed by atoms with Crippen LogP contribution in [0.25, 0.3) is 0 Å². The summed E-state index contributed by atoms with van der Waals surface area (Å²) in [5.74, 6) is 4.74. The van der Waals surface area contributed by atoms with E-state index in [1.54, 1.807) is 18.2 Å². The number of nitrogens with one attached hydrogen (secondary N) is 2. The lowest BCUT2D eigenvalue weighted by atomic mass is 10.00. The van der Waals surface area contributed by atoms with Crippen LogP contribution in [0.4, 0.5) is 5.69 Å². The molecule has 4 amide bonds. The fourth-order valence-corrected chi connectivity index (χ4v) is 3.98. The van der Waals surface area contributed by atoms with Gasteiger partial charge in [0.05, 0.1) is 11.1 Å². The van der Waals surface area contributed by atoms with Crippen LogP contribution in [0.1, 0.15) is 59.2 Å². The molecule has 2 unspecified atom stereocenters. The van der Waals surface area contributed by atoms with Crippen LogP contribution in [-0.4, -0.2) is 41.1 Å². The van der Waals surface area contributed by atoms with E-state index in [1.807, 2.05) is 0 Å². The number of anilines is 1. The van der Waals surface area contributed by atoms with Crippen molar-refractivity contribution in [3.63, 3.8) is 0 Å². The molecule has 0 radical (unpaired) electrons. The fourth-order valence-electron chi connectivity index (χ4n) is 3.98. The highest BCUT2D eigenvalue weighted by atomic mass is 16.2. The van der Waals surface area contributed by atoms with Crippen LogP contribution in [0.2, 0.25) is 0 Å². The molecule has 7 heteroatoms. The summed E-state index contributed by atoms with van der Waals surface area (Å²) in [6, 6.07) is 4.16. The molecule has 2 N–H and O–H groups in total. The van der Waals surface area contributed by atoms with Gasteiger partial charge in [-0.1, -0.05) is 6.07 Å². The van der Waals surface area contributed by atoms with E-state index >= 15 is 0 Å². The highest BCUT2D eigenvalue weighted by molar-refractivity contribution is 6.25. The predicted molar refractivity (Wildman–Crippen MR) is 101 cm³/mol.